The van der Waals surface area contributed by atoms with Gasteiger partial charge in [-0.1, -0.05) is 30.3 Å². The molecule has 0 unspecified atom stereocenters. The number of hydrogen-bond acceptors (Lipinski definition) is 2. The molecule has 0 aliphatic heterocycles. The van der Waals surface area contributed by atoms with E-state index in [4.69, 9.17) is 10.4 Å². The predicted molar refractivity (Wildman–Crippen MR) is 52.3 cm³/mol. The molecule has 0 aliphatic carbocycles. The average molecular weight is 187 g/mol. The smallest absolute Gasteiger partial charge is 0.332 e. The van der Waals surface area contributed by atoms with Crippen molar-refractivity contribution in [2.75, 3.05) is 0 Å². The zero-order valence-electron chi connectivity index (χ0n) is 7.47. The van der Waals surface area contributed by atoms with Gasteiger partial charge in [-0.3, -0.25) is 0 Å². The molecule has 0 heterocycles. The quantitative estimate of drug-likeness (QED) is 0.737. The van der Waals surface area contributed by atoms with E-state index in [1.165, 1.54) is 6.08 Å². The van der Waals surface area contributed by atoms with Crippen molar-refractivity contribution in [1.82, 2.24) is 0 Å². The van der Waals surface area contributed by atoms with E-state index >= 15 is 0 Å². The Hall–Kier alpha value is -2.08. The average Bonchev–Trinajstić information content (AvgIpc) is 2.18. The fourth-order valence-electron chi connectivity index (χ4n) is 1.02. The lowest BCUT2D eigenvalue weighted by Crippen LogP contribution is -1.99. The van der Waals surface area contributed by atoms with Gasteiger partial charge in [-0.15, -0.1) is 0 Å². The highest BCUT2D eigenvalue weighted by Gasteiger charge is 2.05. The molecule has 0 bridgehead atoms. The summed E-state index contributed by atoms with van der Waals surface area (Å²) in [6, 6.07) is 10.9. The van der Waals surface area contributed by atoms with Gasteiger partial charge in [0.25, 0.3) is 0 Å². The van der Waals surface area contributed by atoms with Gasteiger partial charge in [0, 0.05) is 0 Å². The Bertz CT molecular complexity index is 387. The monoisotopic (exact) mass is 187 g/mol. The van der Waals surface area contributed by atoms with Crippen LogP contribution in [0.15, 0.2) is 35.9 Å². The molecule has 0 saturated heterocycles. The Morgan fingerprint density at radius 3 is 2.57 bits per heavy atom. The summed E-state index contributed by atoms with van der Waals surface area (Å²) in [6.45, 7) is 0. The highest BCUT2D eigenvalue weighted by molar-refractivity contribution is 5.92. The summed E-state index contributed by atoms with van der Waals surface area (Å²) < 4.78 is 0. The molecule has 0 amide bonds. The maximum Gasteiger partial charge on any atom is 0.332 e. The molecule has 0 atom stereocenters. The summed E-state index contributed by atoms with van der Waals surface area (Å²) in [4.78, 5) is 10.7. The maximum atomic E-state index is 10.7. The number of carboxylic acid groups (broad SMARTS) is 1. The first-order valence-corrected chi connectivity index (χ1v) is 4.10. The molecule has 0 aliphatic rings. The molecule has 1 aromatic carbocycles. The van der Waals surface area contributed by atoms with Gasteiger partial charge >= 0.3 is 5.97 Å². The van der Waals surface area contributed by atoms with Crippen molar-refractivity contribution in [1.29, 1.82) is 5.26 Å². The lowest BCUT2D eigenvalue weighted by Gasteiger charge is -1.96. The molecule has 0 saturated carbocycles. The first kappa shape index (κ1) is 10.0. The molecule has 0 aromatic heterocycles. The molecular formula is C11H9NO2. The molecule has 0 fully saturated rings. The Balaban J connectivity index is 2.95. The third-order valence-corrected chi connectivity index (χ3v) is 1.68. The predicted octanol–water partition coefficient (Wildman–Crippen LogP) is 2.07. The molecule has 0 radical (unpaired) electrons. The van der Waals surface area contributed by atoms with Gasteiger partial charge in [-0.2, -0.15) is 5.26 Å². The van der Waals surface area contributed by atoms with Crippen LogP contribution < -0.4 is 0 Å². The van der Waals surface area contributed by atoms with Crippen LogP contribution in [-0.4, -0.2) is 11.1 Å². The molecule has 3 heteroatoms. The van der Waals surface area contributed by atoms with Gasteiger partial charge in [0.2, 0.25) is 0 Å². The highest BCUT2D eigenvalue weighted by atomic mass is 16.4. The largest absolute Gasteiger partial charge is 0.478 e. The molecule has 1 rings (SSSR count). The molecule has 14 heavy (non-hydrogen) atoms. The van der Waals surface area contributed by atoms with Crippen LogP contribution in [0.3, 0.4) is 0 Å². The minimum absolute atomic E-state index is 0.0791. The molecule has 1 N–H and O–H groups in total. The zero-order valence-corrected chi connectivity index (χ0v) is 7.47. The van der Waals surface area contributed by atoms with Crippen molar-refractivity contribution in [2.24, 2.45) is 0 Å². The fraction of sp³-hybridized carbons (Fsp3) is 0.0909. The first-order chi connectivity index (χ1) is 6.74. The lowest BCUT2D eigenvalue weighted by molar-refractivity contribution is -0.132. The van der Waals surface area contributed by atoms with Crippen molar-refractivity contribution in [3.63, 3.8) is 0 Å². The Kier molecular flexibility index (Phi) is 3.45. The number of carboxylic acids is 1. The number of nitrogens with zero attached hydrogens (tertiary/aromatic N) is 1. The van der Waals surface area contributed by atoms with E-state index in [0.717, 1.165) is 5.56 Å². The van der Waals surface area contributed by atoms with Crippen LogP contribution in [0.2, 0.25) is 0 Å². The number of rotatable bonds is 3. The van der Waals surface area contributed by atoms with Gasteiger partial charge in [0.05, 0.1) is 18.1 Å². The number of carbonyl (C=O) groups is 1. The topological polar surface area (TPSA) is 61.1 Å². The van der Waals surface area contributed by atoms with Crippen molar-refractivity contribution in [3.8, 4) is 6.07 Å². The van der Waals surface area contributed by atoms with E-state index in [9.17, 15) is 4.79 Å². The Morgan fingerprint density at radius 1 is 1.43 bits per heavy atom. The second-order valence-corrected chi connectivity index (χ2v) is 2.72. The molecule has 1 aromatic rings. The summed E-state index contributed by atoms with van der Waals surface area (Å²) in [5.41, 5.74) is 0.902. The minimum atomic E-state index is -1.05. The van der Waals surface area contributed by atoms with Crippen LogP contribution in [0.5, 0.6) is 0 Å². The van der Waals surface area contributed by atoms with Crippen molar-refractivity contribution < 1.29 is 9.90 Å². The van der Waals surface area contributed by atoms with Crippen molar-refractivity contribution in [2.45, 2.75) is 6.42 Å². The third kappa shape index (κ3) is 2.76. The van der Waals surface area contributed by atoms with Crippen LogP contribution in [0.1, 0.15) is 12.0 Å². The second-order valence-electron chi connectivity index (χ2n) is 2.72. The van der Waals surface area contributed by atoms with Crippen LogP contribution in [0.25, 0.3) is 6.08 Å². The van der Waals surface area contributed by atoms with Crippen LogP contribution in [-0.2, 0) is 4.79 Å². The minimum Gasteiger partial charge on any atom is -0.478 e. The van der Waals surface area contributed by atoms with Crippen LogP contribution in [0.4, 0.5) is 0 Å². The molecular weight excluding hydrogens is 178 g/mol. The van der Waals surface area contributed by atoms with Gasteiger partial charge in [-0.25, -0.2) is 4.79 Å². The van der Waals surface area contributed by atoms with Gasteiger partial charge in [0.15, 0.2) is 0 Å². The maximum absolute atomic E-state index is 10.7. The van der Waals surface area contributed by atoms with E-state index in [1.54, 1.807) is 12.1 Å². The normalized spacial score (nSPS) is 10.6. The van der Waals surface area contributed by atoms with E-state index in [0.29, 0.717) is 0 Å². The standard InChI is InChI=1S/C11H9NO2/c12-7-6-10(11(13)14)8-9-4-2-1-3-5-9/h1-5,8H,6H2,(H,13,14)/b10-8+. The fourth-order valence-corrected chi connectivity index (χ4v) is 1.02. The van der Waals surface area contributed by atoms with Crippen LogP contribution >= 0.6 is 0 Å². The summed E-state index contributed by atoms with van der Waals surface area (Å²) in [5.74, 6) is -1.05. The SMILES string of the molecule is N#CC/C(=C\c1ccccc1)C(=O)O. The van der Waals surface area contributed by atoms with Crippen molar-refractivity contribution in [3.05, 3.63) is 41.5 Å². The third-order valence-electron chi connectivity index (χ3n) is 1.68. The van der Waals surface area contributed by atoms with Gasteiger partial charge in [-0.05, 0) is 11.6 Å². The number of benzene rings is 1. The lowest BCUT2D eigenvalue weighted by atomic mass is 10.1. The van der Waals surface area contributed by atoms with E-state index in [2.05, 4.69) is 0 Å². The van der Waals surface area contributed by atoms with Gasteiger partial charge < -0.3 is 5.11 Å². The van der Waals surface area contributed by atoms with E-state index in [-0.39, 0.29) is 12.0 Å². The summed E-state index contributed by atoms with van der Waals surface area (Å²) in [6.07, 6.45) is 1.43. The summed E-state index contributed by atoms with van der Waals surface area (Å²) >= 11 is 0. The molecule has 0 spiro atoms. The zero-order chi connectivity index (χ0) is 10.4. The Morgan fingerprint density at radius 2 is 2.07 bits per heavy atom. The number of aliphatic carboxylic acids is 1. The number of hydrogen-bond donors (Lipinski definition) is 1. The first-order valence-electron chi connectivity index (χ1n) is 4.10. The van der Waals surface area contributed by atoms with E-state index < -0.39 is 5.97 Å². The van der Waals surface area contributed by atoms with Gasteiger partial charge in [0.1, 0.15) is 0 Å². The number of nitriles is 1. The summed E-state index contributed by atoms with van der Waals surface area (Å²) in [7, 11) is 0. The Labute approximate surface area is 81.9 Å². The highest BCUT2D eigenvalue weighted by Crippen LogP contribution is 2.09. The van der Waals surface area contributed by atoms with Crippen LogP contribution in [0, 0.1) is 11.3 Å². The summed E-state index contributed by atoms with van der Waals surface area (Å²) in [5, 5.41) is 17.2. The molecule has 3 nitrogen and oxygen atoms in total. The van der Waals surface area contributed by atoms with Crippen molar-refractivity contribution >= 4 is 12.0 Å². The second kappa shape index (κ2) is 4.83. The van der Waals surface area contributed by atoms with E-state index in [1.807, 2.05) is 24.3 Å². The molecule has 70 valence electrons.